The van der Waals surface area contributed by atoms with Crippen molar-refractivity contribution in [2.24, 2.45) is 11.3 Å². The highest BCUT2D eigenvalue weighted by atomic mass is 16.2. The van der Waals surface area contributed by atoms with Gasteiger partial charge in [0.05, 0.1) is 11.0 Å². The molecule has 2 amide bonds. The normalized spacial score (nSPS) is 28.7. The number of carbonyl (C=O) groups is 2. The van der Waals surface area contributed by atoms with Gasteiger partial charge in [-0.05, 0) is 31.4 Å². The molecule has 3 heterocycles. The number of nitrogens with zero attached hydrogens (tertiary/aromatic N) is 3. The molecule has 21 heavy (non-hydrogen) atoms. The first kappa shape index (κ1) is 14.0. The van der Waals surface area contributed by atoms with E-state index in [1.54, 1.807) is 24.5 Å². The van der Waals surface area contributed by atoms with Crippen LogP contribution in [0.1, 0.15) is 30.6 Å². The van der Waals surface area contributed by atoms with Crippen molar-refractivity contribution >= 4 is 11.8 Å². The largest absolute Gasteiger partial charge is 0.342 e. The van der Waals surface area contributed by atoms with E-state index in [4.69, 9.17) is 0 Å². The minimum absolute atomic E-state index is 0.0189. The smallest absolute Gasteiger partial charge is 0.255 e. The molecule has 0 aromatic carbocycles. The van der Waals surface area contributed by atoms with E-state index in [1.165, 1.54) is 0 Å². The van der Waals surface area contributed by atoms with E-state index in [1.807, 2.05) is 16.7 Å². The van der Waals surface area contributed by atoms with Crippen molar-refractivity contribution in [1.82, 2.24) is 14.8 Å². The van der Waals surface area contributed by atoms with Crippen molar-refractivity contribution in [2.75, 3.05) is 26.2 Å². The molecule has 0 radical (unpaired) electrons. The number of hydrogen-bond donors (Lipinski definition) is 0. The minimum atomic E-state index is -0.367. The fourth-order valence-corrected chi connectivity index (χ4v) is 3.66. The molecule has 2 fully saturated rings. The standard InChI is InChI=1S/C16H21N3O2/c1-3-18-8-6-16(15(18)21)11-19(10-12(16)2)14(20)13-5-4-7-17-9-13/h4-5,7,9,12H,3,6,8,10-11H2,1-2H3/t12-,16-/m1/s1. The molecule has 5 nitrogen and oxygen atoms in total. The van der Waals surface area contributed by atoms with Crippen molar-refractivity contribution in [3.8, 4) is 0 Å². The molecule has 1 aromatic rings. The summed E-state index contributed by atoms with van der Waals surface area (Å²) in [6, 6.07) is 3.54. The number of carbonyl (C=O) groups excluding carboxylic acids is 2. The van der Waals surface area contributed by atoms with Crippen LogP contribution in [-0.2, 0) is 4.79 Å². The van der Waals surface area contributed by atoms with Gasteiger partial charge in [0, 0.05) is 38.6 Å². The summed E-state index contributed by atoms with van der Waals surface area (Å²) < 4.78 is 0. The van der Waals surface area contributed by atoms with Crippen molar-refractivity contribution in [2.45, 2.75) is 20.3 Å². The third-order valence-electron chi connectivity index (χ3n) is 5.03. The molecule has 2 saturated heterocycles. The molecule has 0 N–H and O–H groups in total. The zero-order chi connectivity index (χ0) is 15.0. The maximum atomic E-state index is 12.7. The van der Waals surface area contributed by atoms with Gasteiger partial charge in [-0.25, -0.2) is 0 Å². The molecular weight excluding hydrogens is 266 g/mol. The Bertz CT molecular complexity index is 560. The Kier molecular flexibility index (Phi) is 3.43. The molecule has 1 spiro atoms. The highest BCUT2D eigenvalue weighted by Gasteiger charge is 2.55. The molecule has 0 aliphatic carbocycles. The Morgan fingerprint density at radius 2 is 2.33 bits per heavy atom. The fourth-order valence-electron chi connectivity index (χ4n) is 3.66. The van der Waals surface area contributed by atoms with Gasteiger partial charge in [0.15, 0.2) is 0 Å². The van der Waals surface area contributed by atoms with E-state index >= 15 is 0 Å². The molecule has 3 rings (SSSR count). The van der Waals surface area contributed by atoms with Gasteiger partial charge in [-0.1, -0.05) is 6.92 Å². The zero-order valence-electron chi connectivity index (χ0n) is 12.6. The molecule has 5 heteroatoms. The number of hydrogen-bond acceptors (Lipinski definition) is 3. The molecule has 0 saturated carbocycles. The van der Waals surface area contributed by atoms with Crippen LogP contribution < -0.4 is 0 Å². The number of aromatic nitrogens is 1. The lowest BCUT2D eigenvalue weighted by Crippen LogP contribution is -2.40. The molecule has 0 unspecified atom stereocenters. The van der Waals surface area contributed by atoms with E-state index < -0.39 is 0 Å². The SMILES string of the molecule is CCN1CC[C@]2(CN(C(=O)c3cccnc3)C[C@H]2C)C1=O. The Labute approximate surface area is 124 Å². The third-order valence-corrected chi connectivity index (χ3v) is 5.03. The quantitative estimate of drug-likeness (QED) is 0.826. The summed E-state index contributed by atoms with van der Waals surface area (Å²) >= 11 is 0. The van der Waals surface area contributed by atoms with Crippen LogP contribution >= 0.6 is 0 Å². The lowest BCUT2D eigenvalue weighted by Gasteiger charge is -2.26. The lowest BCUT2D eigenvalue weighted by molar-refractivity contribution is -0.136. The van der Waals surface area contributed by atoms with E-state index in [0.717, 1.165) is 19.5 Å². The highest BCUT2D eigenvalue weighted by Crippen LogP contribution is 2.44. The van der Waals surface area contributed by atoms with Crippen molar-refractivity contribution in [1.29, 1.82) is 0 Å². The Hall–Kier alpha value is -1.91. The van der Waals surface area contributed by atoms with Crippen LogP contribution in [0.4, 0.5) is 0 Å². The van der Waals surface area contributed by atoms with Gasteiger partial charge in [-0.15, -0.1) is 0 Å². The predicted octanol–water partition coefficient (Wildman–Crippen LogP) is 1.41. The average molecular weight is 287 g/mol. The fraction of sp³-hybridized carbons (Fsp3) is 0.562. The van der Waals surface area contributed by atoms with Crippen molar-refractivity contribution in [3.05, 3.63) is 30.1 Å². The summed E-state index contributed by atoms with van der Waals surface area (Å²) in [6.45, 7) is 6.86. The maximum Gasteiger partial charge on any atom is 0.255 e. The van der Waals surface area contributed by atoms with Gasteiger partial charge in [-0.2, -0.15) is 0 Å². The molecule has 2 atom stereocenters. The molecule has 1 aromatic heterocycles. The van der Waals surface area contributed by atoms with Crippen LogP contribution in [0.15, 0.2) is 24.5 Å². The van der Waals surface area contributed by atoms with Crippen LogP contribution in [0, 0.1) is 11.3 Å². The topological polar surface area (TPSA) is 53.5 Å². The molecule has 0 bridgehead atoms. The first-order valence-electron chi connectivity index (χ1n) is 7.57. The van der Waals surface area contributed by atoms with E-state index in [0.29, 0.717) is 18.7 Å². The van der Waals surface area contributed by atoms with Gasteiger partial charge in [0.1, 0.15) is 0 Å². The summed E-state index contributed by atoms with van der Waals surface area (Å²) in [4.78, 5) is 32.9. The summed E-state index contributed by atoms with van der Waals surface area (Å²) in [5.41, 5.74) is 0.230. The van der Waals surface area contributed by atoms with E-state index in [9.17, 15) is 9.59 Å². The molecular formula is C16H21N3O2. The second kappa shape index (κ2) is 5.13. The zero-order valence-corrected chi connectivity index (χ0v) is 12.6. The number of amides is 2. The van der Waals surface area contributed by atoms with Gasteiger partial charge in [0.25, 0.3) is 5.91 Å². The van der Waals surface area contributed by atoms with Crippen LogP contribution in [0.5, 0.6) is 0 Å². The lowest BCUT2D eigenvalue weighted by atomic mass is 9.78. The minimum Gasteiger partial charge on any atom is -0.342 e. The third kappa shape index (κ3) is 2.11. The second-order valence-corrected chi connectivity index (χ2v) is 6.12. The summed E-state index contributed by atoms with van der Waals surface area (Å²) in [6.07, 6.45) is 4.11. The van der Waals surface area contributed by atoms with Gasteiger partial charge < -0.3 is 9.80 Å². The van der Waals surface area contributed by atoms with Gasteiger partial charge in [-0.3, -0.25) is 14.6 Å². The summed E-state index contributed by atoms with van der Waals surface area (Å²) in [5, 5.41) is 0. The highest BCUT2D eigenvalue weighted by molar-refractivity contribution is 5.95. The second-order valence-electron chi connectivity index (χ2n) is 6.12. The number of rotatable bonds is 2. The van der Waals surface area contributed by atoms with Crippen LogP contribution in [-0.4, -0.2) is 52.8 Å². The van der Waals surface area contributed by atoms with Crippen LogP contribution in [0.25, 0.3) is 0 Å². The van der Waals surface area contributed by atoms with Crippen LogP contribution in [0.2, 0.25) is 0 Å². The van der Waals surface area contributed by atoms with Gasteiger partial charge in [0.2, 0.25) is 5.91 Å². The van der Waals surface area contributed by atoms with E-state index in [2.05, 4.69) is 11.9 Å². The molecule has 2 aliphatic heterocycles. The monoisotopic (exact) mass is 287 g/mol. The number of pyridine rings is 1. The van der Waals surface area contributed by atoms with Crippen molar-refractivity contribution in [3.63, 3.8) is 0 Å². The Morgan fingerprint density at radius 3 is 2.95 bits per heavy atom. The Morgan fingerprint density at radius 1 is 1.52 bits per heavy atom. The average Bonchev–Trinajstić information content (AvgIpc) is 3.02. The number of likely N-dealkylation sites (tertiary alicyclic amines) is 2. The summed E-state index contributed by atoms with van der Waals surface area (Å²) in [5.74, 6) is 0.413. The Balaban J connectivity index is 1.81. The van der Waals surface area contributed by atoms with Crippen molar-refractivity contribution < 1.29 is 9.59 Å². The van der Waals surface area contributed by atoms with Gasteiger partial charge >= 0.3 is 0 Å². The maximum absolute atomic E-state index is 12.7. The molecule has 112 valence electrons. The summed E-state index contributed by atoms with van der Waals surface area (Å²) in [7, 11) is 0. The first-order valence-corrected chi connectivity index (χ1v) is 7.57. The molecule has 2 aliphatic rings. The van der Waals surface area contributed by atoms with E-state index in [-0.39, 0.29) is 23.1 Å². The van der Waals surface area contributed by atoms with Crippen LogP contribution in [0.3, 0.4) is 0 Å². The first-order chi connectivity index (χ1) is 10.1. The predicted molar refractivity (Wildman–Crippen MR) is 78.6 cm³/mol.